The molecule has 1 amide bonds. The van der Waals surface area contributed by atoms with E-state index in [2.05, 4.69) is 5.10 Å². The molecular formula is C18H24N4O. The van der Waals surface area contributed by atoms with Crippen LogP contribution in [0.15, 0.2) is 48.8 Å². The van der Waals surface area contributed by atoms with E-state index in [0.29, 0.717) is 12.3 Å². The number of nitrogens with zero attached hydrogens (tertiary/aromatic N) is 3. The number of likely N-dealkylation sites (tertiary alicyclic amines) is 1. The van der Waals surface area contributed by atoms with Gasteiger partial charge in [-0.15, -0.1) is 0 Å². The van der Waals surface area contributed by atoms with E-state index in [1.54, 1.807) is 0 Å². The topological polar surface area (TPSA) is 64.2 Å². The van der Waals surface area contributed by atoms with Gasteiger partial charge in [-0.25, -0.2) is 0 Å². The van der Waals surface area contributed by atoms with Gasteiger partial charge in [0.05, 0.1) is 0 Å². The summed E-state index contributed by atoms with van der Waals surface area (Å²) < 4.78 is 1.98. The molecule has 1 fully saturated rings. The zero-order chi connectivity index (χ0) is 16.1. The second kappa shape index (κ2) is 7.42. The molecule has 0 spiro atoms. The number of amides is 1. The zero-order valence-corrected chi connectivity index (χ0v) is 13.3. The van der Waals surface area contributed by atoms with Crippen LogP contribution in [0.1, 0.15) is 30.9 Å². The maximum absolute atomic E-state index is 12.4. The summed E-state index contributed by atoms with van der Waals surface area (Å²) in [5, 5.41) is 4.26. The normalized spacial score (nSPS) is 17.2. The van der Waals surface area contributed by atoms with Gasteiger partial charge in [-0.3, -0.25) is 9.48 Å². The highest BCUT2D eigenvalue weighted by Crippen LogP contribution is 2.21. The van der Waals surface area contributed by atoms with Crippen LogP contribution in [0.25, 0.3) is 0 Å². The summed E-state index contributed by atoms with van der Waals surface area (Å²) in [6, 6.07) is 11.6. The molecule has 0 radical (unpaired) electrons. The Kier molecular flexibility index (Phi) is 5.08. The highest BCUT2D eigenvalue weighted by atomic mass is 16.2. The first-order valence-corrected chi connectivity index (χ1v) is 8.28. The third kappa shape index (κ3) is 4.20. The Balaban J connectivity index is 1.46. The average Bonchev–Trinajstić information content (AvgIpc) is 3.09. The molecule has 2 N–H and O–H groups in total. The highest BCUT2D eigenvalue weighted by Gasteiger charge is 2.24. The molecule has 5 nitrogen and oxygen atoms in total. The van der Waals surface area contributed by atoms with Gasteiger partial charge in [0.2, 0.25) is 5.91 Å². The van der Waals surface area contributed by atoms with Crippen LogP contribution in [-0.4, -0.2) is 33.7 Å². The molecule has 1 saturated heterocycles. The van der Waals surface area contributed by atoms with E-state index in [9.17, 15) is 4.79 Å². The van der Waals surface area contributed by atoms with Crippen LogP contribution in [0.3, 0.4) is 0 Å². The van der Waals surface area contributed by atoms with Crippen molar-refractivity contribution in [1.29, 1.82) is 0 Å². The predicted molar refractivity (Wildman–Crippen MR) is 89.5 cm³/mol. The Morgan fingerprint density at radius 3 is 2.61 bits per heavy atom. The summed E-state index contributed by atoms with van der Waals surface area (Å²) in [5.41, 5.74) is 7.18. The van der Waals surface area contributed by atoms with E-state index in [4.69, 9.17) is 5.73 Å². The first-order valence-electron chi connectivity index (χ1n) is 8.28. The fourth-order valence-electron chi connectivity index (χ4n) is 3.17. The van der Waals surface area contributed by atoms with E-state index >= 15 is 0 Å². The van der Waals surface area contributed by atoms with Crippen molar-refractivity contribution in [3.8, 4) is 0 Å². The van der Waals surface area contributed by atoms with Crippen molar-refractivity contribution < 1.29 is 4.79 Å². The summed E-state index contributed by atoms with van der Waals surface area (Å²) >= 11 is 0. The van der Waals surface area contributed by atoms with Crippen LogP contribution in [0, 0.1) is 5.92 Å². The maximum atomic E-state index is 12.4. The van der Waals surface area contributed by atoms with Gasteiger partial charge in [-0.2, -0.15) is 5.10 Å². The Labute approximate surface area is 137 Å². The number of hydrogen-bond acceptors (Lipinski definition) is 3. The second-order valence-corrected chi connectivity index (χ2v) is 6.27. The molecule has 1 aromatic heterocycles. The highest BCUT2D eigenvalue weighted by molar-refractivity contribution is 5.77. The van der Waals surface area contributed by atoms with Crippen LogP contribution < -0.4 is 5.73 Å². The van der Waals surface area contributed by atoms with E-state index in [1.807, 2.05) is 58.4 Å². The monoisotopic (exact) mass is 312 g/mol. The van der Waals surface area contributed by atoms with Gasteiger partial charge in [-0.1, -0.05) is 30.3 Å². The number of hydrogen-bond donors (Lipinski definition) is 1. The number of nitrogens with two attached hydrogens (primary N) is 1. The van der Waals surface area contributed by atoms with E-state index < -0.39 is 0 Å². The predicted octanol–water partition coefficient (Wildman–Crippen LogP) is 2.21. The fourth-order valence-corrected chi connectivity index (χ4v) is 3.17. The molecule has 122 valence electrons. The minimum absolute atomic E-state index is 0.166. The molecule has 2 heterocycles. The molecule has 0 aliphatic carbocycles. The van der Waals surface area contributed by atoms with Crippen LogP contribution in [0.4, 0.5) is 0 Å². The van der Waals surface area contributed by atoms with Crippen molar-refractivity contribution >= 4 is 5.91 Å². The van der Waals surface area contributed by atoms with Crippen molar-refractivity contribution in [3.63, 3.8) is 0 Å². The smallest absolute Gasteiger partial charge is 0.224 e. The standard InChI is InChI=1S/C18H24N4O/c19-17(16-5-2-1-3-6-16)13-18(23)21-11-7-15(8-12-21)14-22-10-4-9-20-22/h1-6,9-10,15,17H,7-8,11-14,19H2. The lowest BCUT2D eigenvalue weighted by molar-refractivity contribution is -0.133. The van der Waals surface area contributed by atoms with Gasteiger partial charge in [0.25, 0.3) is 0 Å². The number of carbonyl (C=O) groups is 1. The molecule has 3 rings (SSSR count). The molecule has 2 aromatic rings. The van der Waals surface area contributed by atoms with Crippen molar-refractivity contribution in [2.45, 2.75) is 31.8 Å². The first kappa shape index (κ1) is 15.7. The summed E-state index contributed by atoms with van der Waals surface area (Å²) in [4.78, 5) is 14.4. The molecule has 1 aromatic carbocycles. The summed E-state index contributed by atoms with van der Waals surface area (Å²) in [5.74, 6) is 0.764. The lowest BCUT2D eigenvalue weighted by Gasteiger charge is -2.32. The van der Waals surface area contributed by atoms with Gasteiger partial charge in [-0.05, 0) is 30.4 Å². The first-order chi connectivity index (χ1) is 11.2. The van der Waals surface area contributed by atoms with Crippen molar-refractivity contribution in [2.75, 3.05) is 13.1 Å². The Hall–Kier alpha value is -2.14. The minimum Gasteiger partial charge on any atom is -0.343 e. The summed E-state index contributed by atoms with van der Waals surface area (Å²) in [6.07, 6.45) is 6.26. The van der Waals surface area contributed by atoms with E-state index in [-0.39, 0.29) is 11.9 Å². The minimum atomic E-state index is -0.217. The third-order valence-corrected chi connectivity index (χ3v) is 4.59. The Morgan fingerprint density at radius 1 is 1.22 bits per heavy atom. The molecule has 0 saturated carbocycles. The fraction of sp³-hybridized carbons (Fsp3) is 0.444. The number of aromatic nitrogens is 2. The van der Waals surface area contributed by atoms with Gasteiger partial charge in [0.15, 0.2) is 0 Å². The van der Waals surface area contributed by atoms with Crippen LogP contribution >= 0.6 is 0 Å². The molecule has 0 bridgehead atoms. The molecule has 1 aliphatic heterocycles. The molecule has 5 heteroatoms. The molecule has 23 heavy (non-hydrogen) atoms. The van der Waals surface area contributed by atoms with Gasteiger partial charge in [0, 0.05) is 44.5 Å². The number of rotatable bonds is 5. The van der Waals surface area contributed by atoms with Gasteiger partial charge in [0.1, 0.15) is 0 Å². The van der Waals surface area contributed by atoms with Crippen molar-refractivity contribution in [1.82, 2.24) is 14.7 Å². The lowest BCUT2D eigenvalue weighted by Crippen LogP contribution is -2.40. The Bertz CT molecular complexity index is 603. The number of carbonyl (C=O) groups excluding carboxylic acids is 1. The SMILES string of the molecule is NC(CC(=O)N1CCC(Cn2cccn2)CC1)c1ccccc1. The van der Waals surface area contributed by atoms with Gasteiger partial charge < -0.3 is 10.6 Å². The lowest BCUT2D eigenvalue weighted by atomic mass is 9.96. The Morgan fingerprint density at radius 2 is 1.96 bits per heavy atom. The molecular weight excluding hydrogens is 288 g/mol. The van der Waals surface area contributed by atoms with E-state index in [0.717, 1.165) is 38.0 Å². The van der Waals surface area contributed by atoms with Gasteiger partial charge >= 0.3 is 0 Å². The van der Waals surface area contributed by atoms with Crippen molar-refractivity contribution in [3.05, 3.63) is 54.4 Å². The average molecular weight is 312 g/mol. The quantitative estimate of drug-likeness (QED) is 0.920. The number of benzene rings is 1. The van der Waals surface area contributed by atoms with Crippen LogP contribution in [-0.2, 0) is 11.3 Å². The zero-order valence-electron chi connectivity index (χ0n) is 13.3. The van der Waals surface area contributed by atoms with E-state index in [1.165, 1.54) is 0 Å². The summed E-state index contributed by atoms with van der Waals surface area (Å²) in [7, 11) is 0. The third-order valence-electron chi connectivity index (χ3n) is 4.59. The molecule has 1 aliphatic rings. The number of piperidine rings is 1. The summed E-state index contributed by atoms with van der Waals surface area (Å²) in [6.45, 7) is 2.59. The molecule has 1 atom stereocenters. The molecule has 1 unspecified atom stereocenters. The largest absolute Gasteiger partial charge is 0.343 e. The van der Waals surface area contributed by atoms with Crippen molar-refractivity contribution in [2.24, 2.45) is 11.7 Å². The van der Waals surface area contributed by atoms with Crippen LogP contribution in [0.5, 0.6) is 0 Å². The second-order valence-electron chi connectivity index (χ2n) is 6.27. The van der Waals surface area contributed by atoms with Crippen LogP contribution in [0.2, 0.25) is 0 Å². The maximum Gasteiger partial charge on any atom is 0.224 e.